The van der Waals surface area contributed by atoms with Gasteiger partial charge in [0.2, 0.25) is 0 Å². The Labute approximate surface area is 256 Å². The number of halogens is 4. The van der Waals surface area contributed by atoms with Gasteiger partial charge in [-0.2, -0.15) is 21.6 Å². The molecule has 2 amide bonds. The third-order valence-electron chi connectivity index (χ3n) is 7.41. The first-order chi connectivity index (χ1) is 20.4. The molecular formula is C29H28ClF3N5O3S2+. The minimum absolute atomic E-state index is 0.0240. The van der Waals surface area contributed by atoms with Crippen molar-refractivity contribution < 1.29 is 30.3 Å². The molecule has 5 rings (SSSR count). The van der Waals surface area contributed by atoms with Gasteiger partial charge in [-0.3, -0.25) is 4.98 Å². The predicted octanol–water partition coefficient (Wildman–Crippen LogP) is 7.09. The van der Waals surface area contributed by atoms with Crippen molar-refractivity contribution >= 4 is 44.8 Å². The number of rotatable bonds is 8. The Morgan fingerprint density at radius 2 is 1.86 bits per heavy atom. The molecule has 0 aliphatic carbocycles. The lowest BCUT2D eigenvalue weighted by Crippen LogP contribution is -2.62. The van der Waals surface area contributed by atoms with E-state index in [9.17, 15) is 26.4 Å². The summed E-state index contributed by atoms with van der Waals surface area (Å²) in [6.45, 7) is 2.15. The number of alkyl halides is 3. The maximum Gasteiger partial charge on any atom is 0.432 e. The molecule has 1 unspecified atom stereocenters. The number of quaternary nitrogens is 1. The largest absolute Gasteiger partial charge is 0.432 e. The van der Waals surface area contributed by atoms with E-state index in [1.165, 1.54) is 24.3 Å². The maximum absolute atomic E-state index is 13.8. The fourth-order valence-corrected chi connectivity index (χ4v) is 8.96. The Kier molecular flexibility index (Phi) is 8.80. The lowest BCUT2D eigenvalue weighted by Gasteiger charge is -2.33. The van der Waals surface area contributed by atoms with Crippen LogP contribution in [0.15, 0.2) is 77.1 Å². The third-order valence-corrected chi connectivity index (χ3v) is 11.5. The van der Waals surface area contributed by atoms with E-state index in [-0.39, 0.29) is 17.3 Å². The number of aromatic nitrogens is 2. The number of likely N-dealkylation sites (tertiary alicyclic amines) is 1. The van der Waals surface area contributed by atoms with Gasteiger partial charge in [-0.15, -0.1) is 15.2 Å². The van der Waals surface area contributed by atoms with Crippen LogP contribution in [0.4, 0.5) is 23.8 Å². The van der Waals surface area contributed by atoms with Crippen molar-refractivity contribution in [3.05, 3.63) is 94.1 Å². The Bertz CT molecular complexity index is 1720. The molecule has 1 aromatic carbocycles. The Morgan fingerprint density at radius 3 is 2.47 bits per heavy atom. The number of benzene rings is 1. The number of thiophene rings is 1. The molecule has 43 heavy (non-hydrogen) atoms. The van der Waals surface area contributed by atoms with Crippen molar-refractivity contribution in [2.24, 2.45) is 0 Å². The minimum atomic E-state index is -4.48. The van der Waals surface area contributed by atoms with E-state index in [0.29, 0.717) is 46.4 Å². The molecule has 2 atom stereocenters. The summed E-state index contributed by atoms with van der Waals surface area (Å²) in [5.41, 5.74) is 1.35. The first-order valence-electron chi connectivity index (χ1n) is 13.4. The SMILES string of the molecule is C[C@@H]1CCC[N+]1(C(=O)NCc1cc(NCc2ccccn2)nc(-c2ccc(C(F)(F)F)cc2)c1)S(=O)(=O)c1ccc(Cl)s1. The van der Waals surface area contributed by atoms with Crippen molar-refractivity contribution in [1.29, 1.82) is 0 Å². The summed E-state index contributed by atoms with van der Waals surface area (Å²) in [5, 5.41) is 5.99. The van der Waals surface area contributed by atoms with Gasteiger partial charge < -0.3 is 10.6 Å². The smallest absolute Gasteiger partial charge is 0.364 e. The van der Waals surface area contributed by atoms with Crippen LogP contribution in [-0.4, -0.2) is 40.9 Å². The van der Waals surface area contributed by atoms with Crippen LogP contribution >= 0.6 is 22.9 Å². The van der Waals surface area contributed by atoms with Gasteiger partial charge in [0.25, 0.3) is 0 Å². The average Bonchev–Trinajstić information content (AvgIpc) is 3.61. The molecule has 14 heteroatoms. The quantitative estimate of drug-likeness (QED) is 0.198. The molecule has 1 aliphatic rings. The molecule has 1 saturated heterocycles. The standard InChI is InChI=1S/C29H27ClF3N5O3S2/c1-19-5-4-14-38(19,43(40,41)27-12-11-25(30)42-27)28(39)36-17-20-15-24(21-7-9-22(10-8-21)29(31,32)33)37-26(16-20)35-18-23-6-2-3-13-34-23/h2-3,6-13,15-16,19H,4-5,14,17-18H2,1H3,(H-,35,36,37,39)/p+1/t19-,38?/m1/s1. The van der Waals surface area contributed by atoms with E-state index in [1.807, 2.05) is 12.1 Å². The molecule has 2 N–H and O–H groups in total. The van der Waals surface area contributed by atoms with Crippen molar-refractivity contribution in [2.45, 2.75) is 49.3 Å². The number of pyridine rings is 2. The van der Waals surface area contributed by atoms with E-state index < -0.39 is 37.7 Å². The van der Waals surface area contributed by atoms with Crippen LogP contribution in [-0.2, 0) is 29.3 Å². The Morgan fingerprint density at radius 1 is 1.09 bits per heavy atom. The van der Waals surface area contributed by atoms with Gasteiger partial charge in [-0.05, 0) is 61.0 Å². The third kappa shape index (κ3) is 6.40. The van der Waals surface area contributed by atoms with E-state index in [4.69, 9.17) is 11.6 Å². The highest BCUT2D eigenvalue weighted by Crippen LogP contribution is 2.39. The minimum Gasteiger partial charge on any atom is -0.364 e. The summed E-state index contributed by atoms with van der Waals surface area (Å²) < 4.78 is 66.6. The van der Waals surface area contributed by atoms with Crippen molar-refractivity contribution in [3.8, 4) is 11.3 Å². The molecule has 1 aliphatic heterocycles. The van der Waals surface area contributed by atoms with Gasteiger partial charge in [0.05, 0.1) is 27.8 Å². The predicted molar refractivity (Wildman–Crippen MR) is 159 cm³/mol. The van der Waals surface area contributed by atoms with Gasteiger partial charge >= 0.3 is 22.2 Å². The number of nitrogens with one attached hydrogen (secondary N) is 2. The zero-order valence-corrected chi connectivity index (χ0v) is 25.3. The molecule has 0 saturated carbocycles. The lowest BCUT2D eigenvalue weighted by molar-refractivity contribution is -0.733. The number of carbonyl (C=O) groups excluding carboxylic acids is 1. The van der Waals surface area contributed by atoms with E-state index in [1.54, 1.807) is 31.3 Å². The first kappa shape index (κ1) is 30.9. The average molecular weight is 651 g/mol. The number of nitrogens with zero attached hydrogens (tertiary/aromatic N) is 3. The summed E-state index contributed by atoms with van der Waals surface area (Å²) in [6, 6.07) is 15.2. The first-order valence-corrected chi connectivity index (χ1v) is 16.0. The van der Waals surface area contributed by atoms with Crippen LogP contribution in [0, 0.1) is 0 Å². The monoisotopic (exact) mass is 650 g/mol. The number of hydrogen-bond acceptors (Lipinski definition) is 7. The number of sulfonamides is 1. The molecule has 3 aromatic heterocycles. The van der Waals surface area contributed by atoms with Crippen LogP contribution < -0.4 is 10.6 Å². The Balaban J connectivity index is 1.44. The number of urea groups is 1. The topological polar surface area (TPSA) is 101 Å². The molecule has 0 bridgehead atoms. The molecule has 0 spiro atoms. The molecule has 1 fully saturated rings. The Hall–Kier alpha value is -3.52. The van der Waals surface area contributed by atoms with Crippen LogP contribution in [0.5, 0.6) is 0 Å². The number of amides is 2. The molecule has 4 aromatic rings. The van der Waals surface area contributed by atoms with E-state index in [2.05, 4.69) is 20.6 Å². The zero-order chi connectivity index (χ0) is 30.8. The second-order valence-electron chi connectivity index (χ2n) is 10.2. The number of carbonyl (C=O) groups is 1. The zero-order valence-electron chi connectivity index (χ0n) is 22.9. The highest BCUT2D eigenvalue weighted by atomic mass is 35.5. The number of hydrogen-bond donors (Lipinski definition) is 2. The van der Waals surface area contributed by atoms with Gasteiger partial charge in [0, 0.05) is 31.1 Å². The van der Waals surface area contributed by atoms with Crippen molar-refractivity contribution in [1.82, 2.24) is 15.3 Å². The van der Waals surface area contributed by atoms with Crippen LogP contribution in [0.25, 0.3) is 11.3 Å². The number of anilines is 1. The molecule has 226 valence electrons. The van der Waals surface area contributed by atoms with Crippen LogP contribution in [0.1, 0.15) is 36.6 Å². The normalized spacial score (nSPS) is 18.9. The fraction of sp³-hybridized carbons (Fsp3) is 0.276. The van der Waals surface area contributed by atoms with Gasteiger partial charge in [-0.1, -0.05) is 29.8 Å². The molecule has 8 nitrogen and oxygen atoms in total. The van der Waals surface area contributed by atoms with Crippen LogP contribution in [0.2, 0.25) is 4.34 Å². The van der Waals surface area contributed by atoms with E-state index in [0.717, 1.165) is 29.2 Å². The van der Waals surface area contributed by atoms with Crippen molar-refractivity contribution in [3.63, 3.8) is 0 Å². The van der Waals surface area contributed by atoms with Crippen molar-refractivity contribution in [2.75, 3.05) is 11.9 Å². The highest BCUT2D eigenvalue weighted by Gasteiger charge is 2.57. The second-order valence-corrected chi connectivity index (χ2v) is 14.2. The summed E-state index contributed by atoms with van der Waals surface area (Å²) in [7, 11) is -4.11. The van der Waals surface area contributed by atoms with Gasteiger partial charge in [-0.25, -0.2) is 9.78 Å². The summed E-state index contributed by atoms with van der Waals surface area (Å²) in [6.07, 6.45) is -1.71. The van der Waals surface area contributed by atoms with Crippen LogP contribution in [0.3, 0.4) is 0 Å². The second kappa shape index (κ2) is 12.2. The summed E-state index contributed by atoms with van der Waals surface area (Å²) >= 11 is 6.94. The summed E-state index contributed by atoms with van der Waals surface area (Å²) in [4.78, 5) is 22.6. The van der Waals surface area contributed by atoms with E-state index >= 15 is 0 Å². The molecule has 4 heterocycles. The summed E-state index contributed by atoms with van der Waals surface area (Å²) in [5.74, 6) is 0.409. The highest BCUT2D eigenvalue weighted by molar-refractivity contribution is 7.88. The fourth-order valence-electron chi connectivity index (χ4n) is 5.17. The molecular weight excluding hydrogens is 623 g/mol. The maximum atomic E-state index is 13.8. The molecule has 0 radical (unpaired) electrons. The van der Waals surface area contributed by atoms with Gasteiger partial charge in [0.15, 0.2) is 4.21 Å². The van der Waals surface area contributed by atoms with Gasteiger partial charge in [0.1, 0.15) is 18.4 Å². The lowest BCUT2D eigenvalue weighted by atomic mass is 10.1.